The first-order chi connectivity index (χ1) is 17.3. The Morgan fingerprint density at radius 3 is 2.42 bits per heavy atom. The van der Waals surface area contributed by atoms with E-state index in [1.165, 1.54) is 25.7 Å². The van der Waals surface area contributed by atoms with Gasteiger partial charge in [-0.1, -0.05) is 55.7 Å². The number of aryl methyl sites for hydroxylation is 1. The fourth-order valence-corrected chi connectivity index (χ4v) is 7.19. The minimum Gasteiger partial charge on any atom is -0.392 e. The first kappa shape index (κ1) is 27.6. The van der Waals surface area contributed by atoms with Gasteiger partial charge in [-0.25, -0.2) is 0 Å². The highest BCUT2D eigenvalue weighted by molar-refractivity contribution is 7.99. The highest BCUT2D eigenvalue weighted by atomic mass is 32.2. The van der Waals surface area contributed by atoms with E-state index in [2.05, 4.69) is 22.3 Å². The lowest BCUT2D eigenvalue weighted by Crippen LogP contribution is -2.57. The highest BCUT2D eigenvalue weighted by Crippen LogP contribution is 2.39. The molecule has 0 aromatic heterocycles. The Kier molecular flexibility index (Phi) is 9.90. The van der Waals surface area contributed by atoms with E-state index in [9.17, 15) is 15.3 Å². The normalized spacial score (nSPS) is 26.1. The van der Waals surface area contributed by atoms with Crippen LogP contribution in [0.15, 0.2) is 53.4 Å². The molecule has 6 heteroatoms. The number of aliphatic hydroxyl groups excluding tert-OH is 3. The molecule has 36 heavy (non-hydrogen) atoms. The summed E-state index contributed by atoms with van der Waals surface area (Å²) in [5, 5.41) is 36.7. The van der Waals surface area contributed by atoms with Crippen molar-refractivity contribution in [3.63, 3.8) is 0 Å². The Bertz CT molecular complexity index is 956. The molecule has 4 rings (SSSR count). The van der Waals surface area contributed by atoms with Gasteiger partial charge in [-0.05, 0) is 74.3 Å². The summed E-state index contributed by atoms with van der Waals surface area (Å²) in [6.07, 6.45) is 4.15. The molecule has 0 radical (unpaired) electrons. The second-order valence-corrected chi connectivity index (χ2v) is 12.1. The molecule has 5 nitrogen and oxygen atoms in total. The van der Waals surface area contributed by atoms with Crippen LogP contribution in [0.2, 0.25) is 0 Å². The Labute approximate surface area is 221 Å². The number of aliphatic hydroxyl groups is 3. The zero-order valence-electron chi connectivity index (χ0n) is 22.0. The fourth-order valence-electron chi connectivity index (χ4n) is 6.15. The van der Waals surface area contributed by atoms with Gasteiger partial charge in [-0.3, -0.25) is 10.2 Å². The predicted octanol–water partition coefficient (Wildman–Crippen LogP) is 4.67. The number of nitrogens with zero attached hydrogens (tertiary/aromatic N) is 1. The van der Waals surface area contributed by atoms with E-state index >= 15 is 0 Å². The molecule has 1 saturated heterocycles. The van der Waals surface area contributed by atoms with E-state index < -0.39 is 18.4 Å². The van der Waals surface area contributed by atoms with E-state index in [1.807, 2.05) is 57.2 Å². The number of hydrogen-bond acceptors (Lipinski definition) is 6. The van der Waals surface area contributed by atoms with Crippen molar-refractivity contribution in [3.8, 4) is 0 Å². The van der Waals surface area contributed by atoms with Crippen LogP contribution in [0, 0.1) is 25.7 Å². The lowest BCUT2D eigenvalue weighted by Gasteiger charge is -2.48. The van der Waals surface area contributed by atoms with Crippen LogP contribution in [0.4, 0.5) is 0 Å². The first-order valence-electron chi connectivity index (χ1n) is 13.6. The number of hydrogen-bond donors (Lipinski definition) is 4. The third-order valence-electron chi connectivity index (χ3n) is 8.48. The van der Waals surface area contributed by atoms with Crippen molar-refractivity contribution in [2.75, 3.05) is 18.8 Å². The standard InChI is InChI=1S/C30H44N2O3S/c1-20-10-9-15-26(21(20)2)30(35)31-27(19-36-25-13-5-4-6-14-25)29(34)18-32-17-24-12-8-7-11-23(24)16-28(32)22(3)33/h4-6,9-10,13-15,22-24,27-31,33-35H,7-8,11-12,16-19H2,1-3H3/t22-,23-,24+,27-,28-,29+,30+/m0/s1. The first-order valence-corrected chi connectivity index (χ1v) is 14.6. The van der Waals surface area contributed by atoms with E-state index in [1.54, 1.807) is 11.8 Å². The van der Waals surface area contributed by atoms with Crippen LogP contribution in [0.1, 0.15) is 61.9 Å². The zero-order valence-corrected chi connectivity index (χ0v) is 22.8. The molecule has 1 heterocycles. The van der Waals surface area contributed by atoms with E-state index in [-0.39, 0.29) is 12.1 Å². The fraction of sp³-hybridized carbons (Fsp3) is 0.600. The van der Waals surface area contributed by atoms with E-state index in [0.29, 0.717) is 24.1 Å². The third kappa shape index (κ3) is 6.91. The topological polar surface area (TPSA) is 76.0 Å². The van der Waals surface area contributed by atoms with Gasteiger partial charge < -0.3 is 15.3 Å². The van der Waals surface area contributed by atoms with Crippen molar-refractivity contribution in [2.45, 2.75) is 88.3 Å². The van der Waals surface area contributed by atoms with Crippen molar-refractivity contribution in [1.82, 2.24) is 10.2 Å². The largest absolute Gasteiger partial charge is 0.392 e. The number of β-amino-alcohol motifs (C(OH)–C–C–N with tert-alkyl or cyclic N) is 1. The van der Waals surface area contributed by atoms with Crippen LogP contribution in [-0.2, 0) is 0 Å². The molecule has 1 saturated carbocycles. The molecular formula is C30H44N2O3S. The van der Waals surface area contributed by atoms with Gasteiger partial charge in [0.15, 0.2) is 0 Å². The van der Waals surface area contributed by atoms with Crippen molar-refractivity contribution in [2.24, 2.45) is 11.8 Å². The van der Waals surface area contributed by atoms with Gasteiger partial charge >= 0.3 is 0 Å². The maximum absolute atomic E-state index is 11.5. The monoisotopic (exact) mass is 512 g/mol. The molecule has 0 spiro atoms. The van der Waals surface area contributed by atoms with Gasteiger partial charge in [0, 0.05) is 35.8 Å². The Morgan fingerprint density at radius 1 is 0.972 bits per heavy atom. The minimum absolute atomic E-state index is 0.0744. The summed E-state index contributed by atoms with van der Waals surface area (Å²) in [4.78, 5) is 3.47. The van der Waals surface area contributed by atoms with Gasteiger partial charge in [0.05, 0.1) is 12.2 Å². The number of rotatable bonds is 10. The van der Waals surface area contributed by atoms with Crippen LogP contribution < -0.4 is 5.32 Å². The van der Waals surface area contributed by atoms with Crippen LogP contribution in [0.3, 0.4) is 0 Å². The van der Waals surface area contributed by atoms with Crippen molar-refractivity contribution < 1.29 is 15.3 Å². The highest BCUT2D eigenvalue weighted by Gasteiger charge is 2.40. The third-order valence-corrected chi connectivity index (χ3v) is 9.61. The van der Waals surface area contributed by atoms with Crippen LogP contribution in [-0.4, -0.2) is 63.4 Å². The molecule has 1 aliphatic heterocycles. The number of fused-ring (bicyclic) bond motifs is 1. The molecule has 7 atom stereocenters. The molecule has 0 amide bonds. The van der Waals surface area contributed by atoms with Crippen LogP contribution in [0.25, 0.3) is 0 Å². The number of nitrogens with one attached hydrogen (secondary N) is 1. The summed E-state index contributed by atoms with van der Waals surface area (Å²) in [5.74, 6) is 1.99. The van der Waals surface area contributed by atoms with Crippen molar-refractivity contribution in [1.29, 1.82) is 0 Å². The Balaban J connectivity index is 1.49. The molecule has 0 bridgehead atoms. The molecule has 2 aliphatic rings. The maximum Gasteiger partial charge on any atom is 0.131 e. The molecule has 0 unspecified atom stereocenters. The van der Waals surface area contributed by atoms with E-state index in [4.69, 9.17) is 0 Å². The molecule has 2 aromatic carbocycles. The molecule has 198 valence electrons. The zero-order chi connectivity index (χ0) is 25.7. The van der Waals surface area contributed by atoms with Crippen molar-refractivity contribution >= 4 is 11.8 Å². The Hall–Kier alpha value is -1.41. The number of benzene rings is 2. The Morgan fingerprint density at radius 2 is 1.69 bits per heavy atom. The van der Waals surface area contributed by atoms with Gasteiger partial charge in [0.1, 0.15) is 6.23 Å². The minimum atomic E-state index is -0.863. The van der Waals surface area contributed by atoms with Gasteiger partial charge in [-0.2, -0.15) is 0 Å². The SMILES string of the molecule is Cc1cccc([C@@H](O)N[C@@H](CSc2ccccc2)[C@H](O)CN2C[C@H]3CCCC[C@H]3C[C@H]2[C@H](C)O)c1C. The lowest BCUT2D eigenvalue weighted by atomic mass is 9.72. The molecule has 4 N–H and O–H groups in total. The molecule has 1 aliphatic carbocycles. The average Bonchev–Trinajstić information content (AvgIpc) is 2.88. The smallest absolute Gasteiger partial charge is 0.131 e. The summed E-state index contributed by atoms with van der Waals surface area (Å²) < 4.78 is 0. The summed E-state index contributed by atoms with van der Waals surface area (Å²) >= 11 is 1.69. The average molecular weight is 513 g/mol. The second-order valence-electron chi connectivity index (χ2n) is 11.0. The second kappa shape index (κ2) is 12.9. The van der Waals surface area contributed by atoms with Crippen LogP contribution >= 0.6 is 11.8 Å². The quantitative estimate of drug-likeness (QED) is 0.274. The van der Waals surface area contributed by atoms with Gasteiger partial charge in [0.25, 0.3) is 0 Å². The van der Waals surface area contributed by atoms with Crippen LogP contribution in [0.5, 0.6) is 0 Å². The maximum atomic E-state index is 11.5. The number of thioether (sulfide) groups is 1. The van der Waals surface area contributed by atoms with Gasteiger partial charge in [-0.15, -0.1) is 11.8 Å². The predicted molar refractivity (Wildman–Crippen MR) is 148 cm³/mol. The molecule has 2 fully saturated rings. The number of likely N-dealkylation sites (tertiary alicyclic amines) is 1. The molecule has 2 aromatic rings. The van der Waals surface area contributed by atoms with Crippen molar-refractivity contribution in [3.05, 3.63) is 65.2 Å². The summed E-state index contributed by atoms with van der Waals surface area (Å²) in [7, 11) is 0. The summed E-state index contributed by atoms with van der Waals surface area (Å²) in [6.45, 7) is 7.40. The molecular weight excluding hydrogens is 468 g/mol. The lowest BCUT2D eigenvalue weighted by molar-refractivity contribution is -0.0452. The summed E-state index contributed by atoms with van der Waals surface area (Å²) in [5.41, 5.74) is 3.05. The van der Waals surface area contributed by atoms with E-state index in [0.717, 1.165) is 34.6 Å². The number of piperidine rings is 1. The van der Waals surface area contributed by atoms with Gasteiger partial charge in [0.2, 0.25) is 0 Å². The summed E-state index contributed by atoms with van der Waals surface area (Å²) in [6, 6.07) is 15.9.